The van der Waals surface area contributed by atoms with Gasteiger partial charge in [0.15, 0.2) is 0 Å². The summed E-state index contributed by atoms with van der Waals surface area (Å²) in [5.74, 6) is -0.619. The van der Waals surface area contributed by atoms with Gasteiger partial charge in [-0.3, -0.25) is 4.79 Å². The molecule has 2 fully saturated rings. The first-order valence-electron chi connectivity index (χ1n) is 6.51. The highest BCUT2D eigenvalue weighted by molar-refractivity contribution is 5.85. The van der Waals surface area contributed by atoms with Gasteiger partial charge in [0.05, 0.1) is 0 Å². The summed E-state index contributed by atoms with van der Waals surface area (Å²) >= 11 is 0. The highest BCUT2D eigenvalue weighted by Gasteiger charge is 2.39. The van der Waals surface area contributed by atoms with Gasteiger partial charge in [-0.25, -0.2) is 0 Å². The normalized spacial score (nSPS) is 38.5. The largest absolute Gasteiger partial charge is 0.550 e. The molecule has 96 valence electrons. The van der Waals surface area contributed by atoms with E-state index in [0.29, 0.717) is 18.4 Å². The Morgan fingerprint density at radius 3 is 2.65 bits per heavy atom. The van der Waals surface area contributed by atoms with Crippen molar-refractivity contribution in [2.45, 2.75) is 45.6 Å². The van der Waals surface area contributed by atoms with Crippen LogP contribution in [0.4, 0.5) is 0 Å². The van der Waals surface area contributed by atoms with Gasteiger partial charge < -0.3 is 14.8 Å². The van der Waals surface area contributed by atoms with Crippen LogP contribution in [0.25, 0.3) is 0 Å². The minimum Gasteiger partial charge on any atom is -0.550 e. The van der Waals surface area contributed by atoms with Crippen molar-refractivity contribution in [2.24, 2.45) is 17.8 Å². The lowest BCUT2D eigenvalue weighted by Gasteiger charge is -2.40. The molecule has 0 spiro atoms. The summed E-state index contributed by atoms with van der Waals surface area (Å²) in [6.07, 6.45) is 3.48. The van der Waals surface area contributed by atoms with E-state index in [0.717, 1.165) is 12.8 Å². The SMILES string of the molecule is C[C@@H]1[C@H](C)CCC[C@@H]1N1C[C@H](C(=O)[O-])CC1=O. The molecule has 0 aromatic rings. The molecule has 2 rings (SSSR count). The lowest BCUT2D eigenvalue weighted by Crippen LogP contribution is -2.45. The molecule has 1 saturated carbocycles. The number of carbonyl (C=O) groups excluding carboxylic acids is 2. The van der Waals surface area contributed by atoms with Gasteiger partial charge in [-0.05, 0) is 18.3 Å². The van der Waals surface area contributed by atoms with Gasteiger partial charge in [0.25, 0.3) is 0 Å². The minimum absolute atomic E-state index is 0.00912. The van der Waals surface area contributed by atoms with Crippen LogP contribution in [0.5, 0.6) is 0 Å². The van der Waals surface area contributed by atoms with E-state index < -0.39 is 11.9 Å². The Hall–Kier alpha value is -1.06. The first kappa shape index (κ1) is 12.4. The number of rotatable bonds is 2. The van der Waals surface area contributed by atoms with Crippen LogP contribution in [0.3, 0.4) is 0 Å². The zero-order valence-corrected chi connectivity index (χ0v) is 10.5. The second kappa shape index (κ2) is 4.67. The Balaban J connectivity index is 2.07. The fraction of sp³-hybridized carbons (Fsp3) is 0.846. The summed E-state index contributed by atoms with van der Waals surface area (Å²) in [6.45, 7) is 4.74. The van der Waals surface area contributed by atoms with E-state index in [2.05, 4.69) is 13.8 Å². The number of carboxylic acids is 1. The molecule has 0 aromatic carbocycles. The Morgan fingerprint density at radius 1 is 1.35 bits per heavy atom. The van der Waals surface area contributed by atoms with Gasteiger partial charge >= 0.3 is 0 Å². The molecule has 4 heteroatoms. The van der Waals surface area contributed by atoms with Crippen molar-refractivity contribution in [3.05, 3.63) is 0 Å². The molecular weight excluding hydrogens is 218 g/mol. The van der Waals surface area contributed by atoms with Crippen LogP contribution in [-0.2, 0) is 9.59 Å². The number of carboxylic acid groups (broad SMARTS) is 1. The van der Waals surface area contributed by atoms with Gasteiger partial charge in [-0.2, -0.15) is 0 Å². The molecule has 0 bridgehead atoms. The third-order valence-electron chi connectivity index (χ3n) is 4.56. The number of hydrogen-bond acceptors (Lipinski definition) is 3. The summed E-state index contributed by atoms with van der Waals surface area (Å²) in [7, 11) is 0. The summed E-state index contributed by atoms with van der Waals surface area (Å²) in [6, 6.07) is 0.232. The average Bonchev–Trinajstić information content (AvgIpc) is 2.65. The summed E-state index contributed by atoms with van der Waals surface area (Å²) in [4.78, 5) is 24.5. The third-order valence-corrected chi connectivity index (χ3v) is 4.56. The van der Waals surface area contributed by atoms with Crippen molar-refractivity contribution < 1.29 is 14.7 Å². The molecule has 0 aromatic heterocycles. The molecule has 17 heavy (non-hydrogen) atoms. The highest BCUT2D eigenvalue weighted by Crippen LogP contribution is 2.35. The van der Waals surface area contributed by atoms with E-state index in [1.807, 2.05) is 0 Å². The van der Waals surface area contributed by atoms with Crippen LogP contribution in [-0.4, -0.2) is 29.4 Å². The van der Waals surface area contributed by atoms with Gasteiger partial charge in [0.1, 0.15) is 0 Å². The first-order valence-corrected chi connectivity index (χ1v) is 6.51. The zero-order valence-electron chi connectivity index (χ0n) is 10.5. The molecular formula is C13H20NO3-. The van der Waals surface area contributed by atoms with Gasteiger partial charge in [0, 0.05) is 30.9 Å². The van der Waals surface area contributed by atoms with Gasteiger partial charge in [0.2, 0.25) is 5.91 Å². The predicted molar refractivity (Wildman–Crippen MR) is 60.8 cm³/mol. The van der Waals surface area contributed by atoms with Gasteiger partial charge in [-0.1, -0.05) is 26.7 Å². The maximum Gasteiger partial charge on any atom is 0.223 e. The molecule has 1 amide bonds. The van der Waals surface area contributed by atoms with Crippen molar-refractivity contribution in [1.82, 2.24) is 4.90 Å². The third kappa shape index (κ3) is 2.31. The fourth-order valence-corrected chi connectivity index (χ4v) is 3.20. The lowest BCUT2D eigenvalue weighted by molar-refractivity contribution is -0.311. The molecule has 4 atom stereocenters. The predicted octanol–water partition coefficient (Wildman–Crippen LogP) is 0.409. The molecule has 0 radical (unpaired) electrons. The molecule has 0 N–H and O–H groups in total. The van der Waals surface area contributed by atoms with Crippen molar-refractivity contribution in [3.8, 4) is 0 Å². The smallest absolute Gasteiger partial charge is 0.223 e. The molecule has 1 saturated heterocycles. The van der Waals surface area contributed by atoms with E-state index in [4.69, 9.17) is 0 Å². The van der Waals surface area contributed by atoms with Crippen molar-refractivity contribution in [3.63, 3.8) is 0 Å². The Kier molecular flexibility index (Phi) is 3.40. The Morgan fingerprint density at radius 2 is 2.06 bits per heavy atom. The number of hydrogen-bond donors (Lipinski definition) is 0. The van der Waals surface area contributed by atoms with E-state index in [9.17, 15) is 14.7 Å². The van der Waals surface area contributed by atoms with Crippen LogP contribution in [0.15, 0.2) is 0 Å². The Bertz CT molecular complexity index is 329. The number of carbonyl (C=O) groups is 2. The molecule has 1 heterocycles. The first-order chi connectivity index (χ1) is 8.00. The molecule has 0 unspecified atom stereocenters. The standard InChI is InChI=1S/C13H21NO3/c1-8-4-3-5-11(9(8)2)14-7-10(13(16)17)6-12(14)15/h8-11H,3-7H2,1-2H3,(H,16,17)/p-1/t8-,9-,10-,11+/m1/s1. The zero-order chi connectivity index (χ0) is 12.6. The highest BCUT2D eigenvalue weighted by atomic mass is 16.4. The van der Waals surface area contributed by atoms with Crippen LogP contribution >= 0.6 is 0 Å². The van der Waals surface area contributed by atoms with E-state index in [-0.39, 0.29) is 18.4 Å². The van der Waals surface area contributed by atoms with Gasteiger partial charge in [-0.15, -0.1) is 0 Å². The van der Waals surface area contributed by atoms with Crippen molar-refractivity contribution in [1.29, 1.82) is 0 Å². The maximum atomic E-state index is 11.9. The lowest BCUT2D eigenvalue weighted by atomic mass is 9.77. The van der Waals surface area contributed by atoms with Crippen LogP contribution in [0.2, 0.25) is 0 Å². The number of nitrogens with zero attached hydrogens (tertiary/aromatic N) is 1. The number of amides is 1. The summed E-state index contributed by atoms with van der Waals surface area (Å²) < 4.78 is 0. The topological polar surface area (TPSA) is 60.4 Å². The van der Waals surface area contributed by atoms with Crippen molar-refractivity contribution in [2.75, 3.05) is 6.54 Å². The molecule has 2 aliphatic rings. The van der Waals surface area contributed by atoms with Crippen LogP contribution in [0, 0.1) is 17.8 Å². The Labute approximate surface area is 102 Å². The average molecular weight is 238 g/mol. The molecule has 1 aliphatic carbocycles. The minimum atomic E-state index is -1.09. The quantitative estimate of drug-likeness (QED) is 0.700. The van der Waals surface area contributed by atoms with Crippen LogP contribution in [0.1, 0.15) is 39.5 Å². The summed E-state index contributed by atoms with van der Waals surface area (Å²) in [5.41, 5.74) is 0. The summed E-state index contributed by atoms with van der Waals surface area (Å²) in [5, 5.41) is 10.8. The van der Waals surface area contributed by atoms with E-state index >= 15 is 0 Å². The van der Waals surface area contributed by atoms with Crippen LogP contribution < -0.4 is 5.11 Å². The second-order valence-electron chi connectivity index (χ2n) is 5.60. The molecule has 1 aliphatic heterocycles. The van der Waals surface area contributed by atoms with Crippen molar-refractivity contribution >= 4 is 11.9 Å². The molecule has 4 nitrogen and oxygen atoms in total. The monoisotopic (exact) mass is 238 g/mol. The number of likely N-dealkylation sites (tertiary alicyclic amines) is 1. The van der Waals surface area contributed by atoms with E-state index in [1.165, 1.54) is 6.42 Å². The maximum absolute atomic E-state index is 11.9. The number of aliphatic carboxylic acids is 1. The second-order valence-corrected chi connectivity index (χ2v) is 5.60. The van der Waals surface area contributed by atoms with E-state index in [1.54, 1.807) is 4.90 Å². The fourth-order valence-electron chi connectivity index (χ4n) is 3.20.